The Hall–Kier alpha value is -2.32. The number of halogens is 1. The van der Waals surface area contributed by atoms with E-state index >= 15 is 0 Å². The van der Waals surface area contributed by atoms with Crippen molar-refractivity contribution in [1.82, 2.24) is 14.8 Å². The third-order valence-electron chi connectivity index (χ3n) is 4.30. The van der Waals surface area contributed by atoms with Crippen LogP contribution in [0.2, 0.25) is 5.02 Å². The van der Waals surface area contributed by atoms with E-state index in [0.717, 1.165) is 5.56 Å². The lowest BCUT2D eigenvalue weighted by atomic mass is 10.2. The maximum atomic E-state index is 13.2. The quantitative estimate of drug-likeness (QED) is 0.727. The van der Waals surface area contributed by atoms with Gasteiger partial charge in [-0.2, -0.15) is 0 Å². The summed E-state index contributed by atoms with van der Waals surface area (Å²) in [5, 5.41) is 8.13. The fourth-order valence-corrected chi connectivity index (χ4v) is 4.73. The second-order valence-corrected chi connectivity index (χ2v) is 8.18. The van der Waals surface area contributed by atoms with Crippen molar-refractivity contribution in [1.29, 1.82) is 0 Å². The number of sulfonamides is 1. The van der Waals surface area contributed by atoms with Crippen LogP contribution in [0.25, 0.3) is 11.5 Å². The van der Waals surface area contributed by atoms with Crippen molar-refractivity contribution in [2.45, 2.75) is 32.6 Å². The second-order valence-electron chi connectivity index (χ2n) is 6.15. The van der Waals surface area contributed by atoms with Gasteiger partial charge < -0.3 is 8.98 Å². The first kappa shape index (κ1) is 18.5. The molecule has 0 aliphatic carbocycles. The first-order valence-electron chi connectivity index (χ1n) is 7.87. The van der Waals surface area contributed by atoms with Gasteiger partial charge in [0, 0.05) is 25.4 Å². The molecule has 2 aromatic heterocycles. The Labute approximate surface area is 157 Å². The summed E-state index contributed by atoms with van der Waals surface area (Å²) < 4.78 is 36.1. The average Bonchev–Trinajstić information content (AvgIpc) is 3.07. The summed E-state index contributed by atoms with van der Waals surface area (Å²) in [6, 6.07) is 5.12. The number of anilines is 1. The van der Waals surface area contributed by atoms with E-state index in [0.29, 0.717) is 33.6 Å². The van der Waals surface area contributed by atoms with Crippen molar-refractivity contribution >= 4 is 27.3 Å². The van der Waals surface area contributed by atoms with Crippen molar-refractivity contribution in [3.63, 3.8) is 0 Å². The molecule has 0 aliphatic rings. The number of hydrogen-bond acceptors (Lipinski definition) is 5. The predicted molar refractivity (Wildman–Crippen MR) is 99.9 cm³/mol. The Morgan fingerprint density at radius 1 is 1.12 bits per heavy atom. The number of hydrogen-bond donors (Lipinski definition) is 1. The van der Waals surface area contributed by atoms with Crippen LogP contribution < -0.4 is 4.72 Å². The van der Waals surface area contributed by atoms with E-state index in [1.54, 1.807) is 50.6 Å². The summed E-state index contributed by atoms with van der Waals surface area (Å²) in [6.07, 6.45) is 0. The van der Waals surface area contributed by atoms with Crippen LogP contribution in [0, 0.1) is 27.7 Å². The van der Waals surface area contributed by atoms with Crippen molar-refractivity contribution < 1.29 is 12.8 Å². The van der Waals surface area contributed by atoms with Crippen molar-refractivity contribution in [3.8, 4) is 11.5 Å². The standard InChI is InChI=1S/C17H19ClN4O3S/c1-9-6-7-14(13(18)8-9)21-26(23,24)16-11(3)22(5)10(2)15(16)17-20-19-12(4)25-17/h6-8,21H,1-5H3. The number of nitrogens with one attached hydrogen (secondary N) is 1. The summed E-state index contributed by atoms with van der Waals surface area (Å²) in [7, 11) is -2.15. The molecule has 0 fully saturated rings. The number of nitrogens with zero attached hydrogens (tertiary/aromatic N) is 3. The minimum absolute atomic E-state index is 0.0952. The van der Waals surface area contributed by atoms with E-state index in [4.69, 9.17) is 16.0 Å². The SMILES string of the molecule is Cc1ccc(NS(=O)(=O)c2c(-c3nnc(C)o3)c(C)n(C)c2C)c(Cl)c1. The second kappa shape index (κ2) is 6.44. The molecule has 0 saturated heterocycles. The minimum Gasteiger partial charge on any atom is -0.421 e. The van der Waals surface area contributed by atoms with Crippen LogP contribution in [0.15, 0.2) is 27.5 Å². The van der Waals surface area contributed by atoms with Crippen molar-refractivity contribution in [2.75, 3.05) is 4.72 Å². The highest BCUT2D eigenvalue weighted by molar-refractivity contribution is 7.93. The number of rotatable bonds is 4. The Morgan fingerprint density at radius 3 is 2.38 bits per heavy atom. The third-order valence-corrected chi connectivity index (χ3v) is 6.14. The van der Waals surface area contributed by atoms with Crippen molar-refractivity contribution in [3.05, 3.63) is 46.1 Å². The first-order chi connectivity index (χ1) is 12.1. The van der Waals surface area contributed by atoms with Gasteiger partial charge in [-0.15, -0.1) is 10.2 Å². The molecule has 2 heterocycles. The minimum atomic E-state index is -3.93. The maximum absolute atomic E-state index is 13.2. The van der Waals surface area contributed by atoms with E-state index in [2.05, 4.69) is 14.9 Å². The molecule has 1 N–H and O–H groups in total. The molecule has 26 heavy (non-hydrogen) atoms. The van der Waals surface area contributed by atoms with Gasteiger partial charge in [0.05, 0.1) is 16.3 Å². The fourth-order valence-electron chi connectivity index (χ4n) is 2.79. The van der Waals surface area contributed by atoms with E-state index < -0.39 is 10.0 Å². The molecule has 0 spiro atoms. The highest BCUT2D eigenvalue weighted by Gasteiger charge is 2.31. The molecule has 138 valence electrons. The molecule has 0 saturated carbocycles. The van der Waals surface area contributed by atoms with Gasteiger partial charge in [0.2, 0.25) is 5.89 Å². The largest absolute Gasteiger partial charge is 0.421 e. The zero-order valence-electron chi connectivity index (χ0n) is 15.1. The maximum Gasteiger partial charge on any atom is 0.264 e. The van der Waals surface area contributed by atoms with Gasteiger partial charge in [0.15, 0.2) is 0 Å². The van der Waals surface area contributed by atoms with Gasteiger partial charge in [-0.05, 0) is 38.5 Å². The zero-order chi connectivity index (χ0) is 19.2. The lowest BCUT2D eigenvalue weighted by Gasteiger charge is -2.11. The van der Waals surface area contributed by atoms with Crippen LogP contribution in [-0.4, -0.2) is 23.2 Å². The van der Waals surface area contributed by atoms with Crippen LogP contribution in [0.3, 0.4) is 0 Å². The summed E-state index contributed by atoms with van der Waals surface area (Å²) >= 11 is 6.19. The van der Waals surface area contributed by atoms with E-state index in [1.165, 1.54) is 0 Å². The molecular formula is C17H19ClN4O3S. The molecule has 9 heteroatoms. The Morgan fingerprint density at radius 2 is 1.81 bits per heavy atom. The molecule has 3 aromatic rings. The van der Waals surface area contributed by atoms with Gasteiger partial charge in [0.25, 0.3) is 15.9 Å². The fraction of sp³-hybridized carbons (Fsp3) is 0.294. The molecule has 0 atom stereocenters. The Bertz CT molecular complexity index is 1100. The lowest BCUT2D eigenvalue weighted by Crippen LogP contribution is -2.15. The lowest BCUT2D eigenvalue weighted by molar-refractivity contribution is 0.530. The topological polar surface area (TPSA) is 90.0 Å². The van der Waals surface area contributed by atoms with Gasteiger partial charge in [0.1, 0.15) is 4.90 Å². The zero-order valence-corrected chi connectivity index (χ0v) is 16.7. The Kier molecular flexibility index (Phi) is 4.58. The van der Waals surface area contributed by atoms with Gasteiger partial charge in [-0.1, -0.05) is 17.7 Å². The molecule has 3 rings (SSSR count). The highest BCUT2D eigenvalue weighted by atomic mass is 35.5. The summed E-state index contributed by atoms with van der Waals surface area (Å²) in [5.74, 6) is 0.526. The molecule has 7 nitrogen and oxygen atoms in total. The molecule has 0 radical (unpaired) electrons. The molecule has 0 unspecified atom stereocenters. The van der Waals surface area contributed by atoms with Gasteiger partial charge in [-0.25, -0.2) is 8.42 Å². The number of aromatic nitrogens is 3. The van der Waals surface area contributed by atoms with Gasteiger partial charge in [-0.3, -0.25) is 4.72 Å². The smallest absolute Gasteiger partial charge is 0.264 e. The Balaban J connectivity index is 2.17. The van der Waals surface area contributed by atoms with E-state index in [9.17, 15) is 8.42 Å². The summed E-state index contributed by atoms with van der Waals surface area (Å²) in [5.41, 5.74) is 2.91. The molecule has 0 aliphatic heterocycles. The van der Waals surface area contributed by atoms with Crippen LogP contribution in [0.4, 0.5) is 5.69 Å². The third kappa shape index (κ3) is 3.10. The van der Waals surface area contributed by atoms with E-state index in [-0.39, 0.29) is 10.8 Å². The molecule has 1 aromatic carbocycles. The van der Waals surface area contributed by atoms with Gasteiger partial charge >= 0.3 is 0 Å². The van der Waals surface area contributed by atoms with Crippen LogP contribution in [0.1, 0.15) is 22.8 Å². The van der Waals surface area contributed by atoms with Crippen LogP contribution in [-0.2, 0) is 17.1 Å². The predicted octanol–water partition coefficient (Wildman–Crippen LogP) is 3.76. The summed E-state index contributed by atoms with van der Waals surface area (Å²) in [4.78, 5) is 0.0952. The van der Waals surface area contributed by atoms with Crippen LogP contribution in [0.5, 0.6) is 0 Å². The van der Waals surface area contributed by atoms with Crippen molar-refractivity contribution in [2.24, 2.45) is 7.05 Å². The highest BCUT2D eigenvalue weighted by Crippen LogP contribution is 2.36. The first-order valence-corrected chi connectivity index (χ1v) is 9.73. The number of aryl methyl sites for hydroxylation is 2. The monoisotopic (exact) mass is 394 g/mol. The van der Waals surface area contributed by atoms with Crippen LogP contribution >= 0.6 is 11.6 Å². The average molecular weight is 395 g/mol. The van der Waals surface area contributed by atoms with E-state index in [1.807, 2.05) is 6.92 Å². The normalized spacial score (nSPS) is 11.8. The molecule has 0 bridgehead atoms. The molecular weight excluding hydrogens is 376 g/mol. The molecule has 0 amide bonds. The summed E-state index contributed by atoms with van der Waals surface area (Å²) in [6.45, 7) is 7.07. The number of benzene rings is 1.